The lowest BCUT2D eigenvalue weighted by atomic mass is 9.79. The van der Waals surface area contributed by atoms with Crippen LogP contribution < -0.4 is 5.32 Å². The zero-order chi connectivity index (χ0) is 14.0. The molecule has 0 aromatic carbocycles. The summed E-state index contributed by atoms with van der Waals surface area (Å²) in [7, 11) is 0. The van der Waals surface area contributed by atoms with E-state index in [1.165, 1.54) is 64.5 Å². The highest BCUT2D eigenvalue weighted by molar-refractivity contribution is 5.81. The zero-order valence-electron chi connectivity index (χ0n) is 13.0. The van der Waals surface area contributed by atoms with Crippen molar-refractivity contribution in [1.29, 1.82) is 0 Å². The molecule has 20 heavy (non-hydrogen) atoms. The monoisotopic (exact) mass is 278 g/mol. The van der Waals surface area contributed by atoms with Crippen molar-refractivity contribution in [3.05, 3.63) is 0 Å². The van der Waals surface area contributed by atoms with Crippen molar-refractivity contribution in [2.75, 3.05) is 19.6 Å². The van der Waals surface area contributed by atoms with E-state index >= 15 is 0 Å². The van der Waals surface area contributed by atoms with Crippen LogP contribution in [0.1, 0.15) is 64.7 Å². The summed E-state index contributed by atoms with van der Waals surface area (Å²) >= 11 is 0. The average Bonchev–Trinajstić information content (AvgIpc) is 3.24. The van der Waals surface area contributed by atoms with E-state index < -0.39 is 0 Å². The van der Waals surface area contributed by atoms with Gasteiger partial charge in [-0.2, -0.15) is 0 Å². The van der Waals surface area contributed by atoms with Gasteiger partial charge in [0.05, 0.1) is 0 Å². The van der Waals surface area contributed by atoms with Crippen LogP contribution in [0.4, 0.5) is 0 Å². The minimum atomic E-state index is 0.284. The van der Waals surface area contributed by atoms with Crippen LogP contribution in [0.2, 0.25) is 0 Å². The van der Waals surface area contributed by atoms with E-state index in [1.807, 2.05) is 0 Å². The van der Waals surface area contributed by atoms with Crippen LogP contribution in [0, 0.1) is 11.8 Å². The standard InChI is InChI=1S/C17H30N2O/c1-14-12-15(14)16(20)18-13-17(8-4-2-5-9-17)19-10-6-3-7-11-19/h14-15H,2-13H2,1H3,(H,18,20). The number of likely N-dealkylation sites (tertiary alicyclic amines) is 1. The molecule has 1 saturated heterocycles. The predicted octanol–water partition coefficient (Wildman–Crippen LogP) is 2.95. The molecule has 1 heterocycles. The molecule has 3 fully saturated rings. The normalized spacial score (nSPS) is 33.6. The van der Waals surface area contributed by atoms with Crippen molar-refractivity contribution in [3.63, 3.8) is 0 Å². The molecule has 3 rings (SSSR count). The minimum Gasteiger partial charge on any atom is -0.354 e. The molecule has 1 N–H and O–H groups in total. The molecule has 0 aromatic heterocycles. The van der Waals surface area contributed by atoms with E-state index in [9.17, 15) is 4.79 Å². The Morgan fingerprint density at radius 1 is 1.10 bits per heavy atom. The Morgan fingerprint density at radius 3 is 2.30 bits per heavy atom. The summed E-state index contributed by atoms with van der Waals surface area (Å²) in [5.41, 5.74) is 0.284. The minimum absolute atomic E-state index is 0.284. The maximum absolute atomic E-state index is 12.2. The molecule has 0 radical (unpaired) electrons. The Morgan fingerprint density at radius 2 is 1.70 bits per heavy atom. The topological polar surface area (TPSA) is 32.3 Å². The second kappa shape index (κ2) is 6.05. The number of nitrogens with one attached hydrogen (secondary N) is 1. The Bertz CT molecular complexity index is 343. The van der Waals surface area contributed by atoms with E-state index in [2.05, 4.69) is 17.1 Å². The third kappa shape index (κ3) is 3.03. The second-order valence-electron chi connectivity index (χ2n) is 7.37. The van der Waals surface area contributed by atoms with Gasteiger partial charge in [0.1, 0.15) is 0 Å². The molecule has 3 heteroatoms. The van der Waals surface area contributed by atoms with Crippen LogP contribution in [-0.4, -0.2) is 36.0 Å². The van der Waals surface area contributed by atoms with Gasteiger partial charge in [-0.05, 0) is 51.1 Å². The van der Waals surface area contributed by atoms with E-state index in [0.29, 0.717) is 17.7 Å². The van der Waals surface area contributed by atoms with E-state index in [1.54, 1.807) is 0 Å². The van der Waals surface area contributed by atoms with Crippen molar-refractivity contribution in [1.82, 2.24) is 10.2 Å². The highest BCUT2D eigenvalue weighted by Crippen LogP contribution is 2.39. The van der Waals surface area contributed by atoms with Gasteiger partial charge in [0, 0.05) is 18.0 Å². The van der Waals surface area contributed by atoms with Gasteiger partial charge >= 0.3 is 0 Å². The van der Waals surface area contributed by atoms with Gasteiger partial charge in [0.25, 0.3) is 0 Å². The molecule has 0 bridgehead atoms. The number of hydrogen-bond acceptors (Lipinski definition) is 2. The Labute approximate surface area is 123 Å². The third-order valence-electron chi connectivity index (χ3n) is 5.85. The lowest BCUT2D eigenvalue weighted by molar-refractivity contribution is -0.123. The Kier molecular flexibility index (Phi) is 4.34. The van der Waals surface area contributed by atoms with E-state index in [-0.39, 0.29) is 5.54 Å². The van der Waals surface area contributed by atoms with Gasteiger partial charge in [-0.3, -0.25) is 9.69 Å². The molecule has 114 valence electrons. The molecule has 3 nitrogen and oxygen atoms in total. The molecule has 2 saturated carbocycles. The maximum atomic E-state index is 12.2. The summed E-state index contributed by atoms with van der Waals surface area (Å²) in [5, 5.41) is 3.30. The first kappa shape index (κ1) is 14.4. The Hall–Kier alpha value is -0.570. The summed E-state index contributed by atoms with van der Waals surface area (Å²) in [4.78, 5) is 14.9. The number of rotatable bonds is 4. The number of nitrogens with zero attached hydrogens (tertiary/aromatic N) is 1. The second-order valence-corrected chi connectivity index (χ2v) is 7.37. The third-order valence-corrected chi connectivity index (χ3v) is 5.85. The first-order valence-electron chi connectivity index (χ1n) is 8.74. The molecule has 3 aliphatic rings. The van der Waals surface area contributed by atoms with Crippen LogP contribution in [-0.2, 0) is 4.79 Å². The lowest BCUT2D eigenvalue weighted by Gasteiger charge is -2.48. The molecule has 1 amide bonds. The number of hydrogen-bond donors (Lipinski definition) is 1. The van der Waals surface area contributed by atoms with Crippen molar-refractivity contribution in [3.8, 4) is 0 Å². The maximum Gasteiger partial charge on any atom is 0.223 e. The smallest absolute Gasteiger partial charge is 0.223 e. The fraction of sp³-hybridized carbons (Fsp3) is 0.941. The molecule has 2 aliphatic carbocycles. The van der Waals surface area contributed by atoms with Crippen molar-refractivity contribution in [2.24, 2.45) is 11.8 Å². The number of carbonyl (C=O) groups is 1. The van der Waals surface area contributed by atoms with E-state index in [4.69, 9.17) is 0 Å². The van der Waals surface area contributed by atoms with Crippen LogP contribution in [0.15, 0.2) is 0 Å². The molecule has 2 atom stereocenters. The van der Waals surface area contributed by atoms with E-state index in [0.717, 1.165) is 13.0 Å². The summed E-state index contributed by atoms with van der Waals surface area (Å²) in [6, 6.07) is 0. The highest BCUT2D eigenvalue weighted by Gasteiger charge is 2.42. The Balaban J connectivity index is 1.60. The largest absolute Gasteiger partial charge is 0.354 e. The molecular formula is C17H30N2O. The first-order chi connectivity index (χ1) is 9.71. The highest BCUT2D eigenvalue weighted by atomic mass is 16.2. The summed E-state index contributed by atoms with van der Waals surface area (Å²) in [6.45, 7) is 5.58. The van der Waals surface area contributed by atoms with Gasteiger partial charge in [0.15, 0.2) is 0 Å². The van der Waals surface area contributed by atoms with Crippen LogP contribution >= 0.6 is 0 Å². The summed E-state index contributed by atoms with van der Waals surface area (Å²) in [5.74, 6) is 1.25. The van der Waals surface area contributed by atoms with Gasteiger partial charge in [-0.15, -0.1) is 0 Å². The molecule has 0 aromatic rings. The fourth-order valence-electron chi connectivity index (χ4n) is 4.25. The summed E-state index contributed by atoms with van der Waals surface area (Å²) in [6.07, 6.45) is 11.8. The van der Waals surface area contributed by atoms with Crippen LogP contribution in [0.25, 0.3) is 0 Å². The average molecular weight is 278 g/mol. The number of piperidine rings is 1. The zero-order valence-corrected chi connectivity index (χ0v) is 13.0. The van der Waals surface area contributed by atoms with Gasteiger partial charge in [-0.25, -0.2) is 0 Å². The molecule has 1 aliphatic heterocycles. The predicted molar refractivity (Wildman–Crippen MR) is 81.5 cm³/mol. The molecule has 2 unspecified atom stereocenters. The van der Waals surface area contributed by atoms with Crippen molar-refractivity contribution in [2.45, 2.75) is 70.3 Å². The molecule has 0 spiro atoms. The van der Waals surface area contributed by atoms with Crippen molar-refractivity contribution >= 4 is 5.91 Å². The quantitative estimate of drug-likeness (QED) is 0.857. The van der Waals surface area contributed by atoms with Gasteiger partial charge in [-0.1, -0.05) is 32.6 Å². The fourth-order valence-corrected chi connectivity index (χ4v) is 4.25. The SMILES string of the molecule is CC1CC1C(=O)NCC1(N2CCCCC2)CCCCC1. The summed E-state index contributed by atoms with van der Waals surface area (Å²) < 4.78 is 0. The van der Waals surface area contributed by atoms with Crippen LogP contribution in [0.5, 0.6) is 0 Å². The number of carbonyl (C=O) groups excluding carboxylic acids is 1. The lowest BCUT2D eigenvalue weighted by Crippen LogP contribution is -2.58. The van der Waals surface area contributed by atoms with Gasteiger partial charge < -0.3 is 5.32 Å². The van der Waals surface area contributed by atoms with Crippen molar-refractivity contribution < 1.29 is 4.79 Å². The first-order valence-corrected chi connectivity index (χ1v) is 8.74. The van der Waals surface area contributed by atoms with Gasteiger partial charge in [0.2, 0.25) is 5.91 Å². The van der Waals surface area contributed by atoms with Crippen LogP contribution in [0.3, 0.4) is 0 Å². The number of amides is 1. The molecular weight excluding hydrogens is 248 g/mol.